The molecule has 1 aromatic rings. The molecule has 0 bridgehead atoms. The molecule has 0 aliphatic carbocycles. The van der Waals surface area contributed by atoms with Gasteiger partial charge in [-0.25, -0.2) is 0 Å². The minimum atomic E-state index is 0.0439. The minimum Gasteiger partial charge on any atom is -0.325 e. The van der Waals surface area contributed by atoms with Crippen molar-refractivity contribution in [3.8, 4) is 0 Å². The maximum absolute atomic E-state index is 12.2. The number of rotatable bonds is 4. The van der Waals surface area contributed by atoms with Gasteiger partial charge >= 0.3 is 0 Å². The lowest BCUT2D eigenvalue weighted by molar-refractivity contribution is -0.117. The van der Waals surface area contributed by atoms with E-state index in [1.807, 2.05) is 0 Å². The van der Waals surface area contributed by atoms with E-state index in [-0.39, 0.29) is 11.8 Å². The first-order valence-corrected chi connectivity index (χ1v) is 7.45. The summed E-state index contributed by atoms with van der Waals surface area (Å²) in [6.45, 7) is 3.28. The van der Waals surface area contributed by atoms with Crippen LogP contribution in [0.4, 0.5) is 5.69 Å². The van der Waals surface area contributed by atoms with Gasteiger partial charge in [-0.15, -0.1) is 0 Å². The Morgan fingerprint density at radius 3 is 3.00 bits per heavy atom. The number of para-hydroxylation sites is 1. The zero-order chi connectivity index (χ0) is 13.2. The third kappa shape index (κ3) is 2.39. The summed E-state index contributed by atoms with van der Waals surface area (Å²) in [6.07, 6.45) is 5.53. The predicted molar refractivity (Wildman–Crippen MR) is 77.4 cm³/mol. The highest BCUT2D eigenvalue weighted by Gasteiger charge is 2.34. The van der Waals surface area contributed by atoms with Gasteiger partial charge in [-0.1, -0.05) is 31.5 Å². The molecule has 1 amide bonds. The molecule has 0 aromatic heterocycles. The Morgan fingerprint density at radius 1 is 1.37 bits per heavy atom. The number of nitrogens with one attached hydrogen (secondary N) is 2. The van der Waals surface area contributed by atoms with Crippen molar-refractivity contribution in [3.63, 3.8) is 0 Å². The largest absolute Gasteiger partial charge is 0.325 e. The Morgan fingerprint density at radius 2 is 2.26 bits per heavy atom. The molecular formula is C16H22N2O. The van der Waals surface area contributed by atoms with Crippen LogP contribution >= 0.6 is 0 Å². The molecule has 2 heterocycles. The summed E-state index contributed by atoms with van der Waals surface area (Å²) in [4.78, 5) is 12.2. The number of amides is 1. The predicted octanol–water partition coefficient (Wildman–Crippen LogP) is 2.82. The lowest BCUT2D eigenvalue weighted by Crippen LogP contribution is -2.26. The van der Waals surface area contributed by atoms with Crippen molar-refractivity contribution in [1.82, 2.24) is 5.32 Å². The van der Waals surface area contributed by atoms with E-state index in [0.29, 0.717) is 6.04 Å². The van der Waals surface area contributed by atoms with Crippen LogP contribution in [-0.2, 0) is 11.2 Å². The van der Waals surface area contributed by atoms with Crippen molar-refractivity contribution in [3.05, 3.63) is 29.3 Å². The van der Waals surface area contributed by atoms with E-state index in [9.17, 15) is 4.79 Å². The van der Waals surface area contributed by atoms with Crippen LogP contribution in [-0.4, -0.2) is 18.5 Å². The SMILES string of the molecule is CCCc1cccc2c1NC(=O)C2CC1CCCN1. The van der Waals surface area contributed by atoms with E-state index in [1.165, 1.54) is 24.0 Å². The third-order valence-corrected chi connectivity index (χ3v) is 4.33. The Labute approximate surface area is 114 Å². The van der Waals surface area contributed by atoms with E-state index in [4.69, 9.17) is 0 Å². The highest BCUT2D eigenvalue weighted by Crippen LogP contribution is 2.38. The van der Waals surface area contributed by atoms with Crippen LogP contribution in [0, 0.1) is 0 Å². The van der Waals surface area contributed by atoms with Crippen LogP contribution in [0.15, 0.2) is 18.2 Å². The number of hydrogen-bond donors (Lipinski definition) is 2. The molecule has 1 fully saturated rings. The number of fused-ring (bicyclic) bond motifs is 1. The first-order chi connectivity index (χ1) is 9.29. The second-order valence-electron chi connectivity index (χ2n) is 5.70. The molecule has 19 heavy (non-hydrogen) atoms. The molecule has 0 spiro atoms. The van der Waals surface area contributed by atoms with Gasteiger partial charge in [0.05, 0.1) is 5.92 Å². The van der Waals surface area contributed by atoms with Crippen molar-refractivity contribution < 1.29 is 4.79 Å². The van der Waals surface area contributed by atoms with Crippen LogP contribution in [0.1, 0.15) is 49.7 Å². The molecular weight excluding hydrogens is 236 g/mol. The average Bonchev–Trinajstić information content (AvgIpc) is 3.01. The summed E-state index contributed by atoms with van der Waals surface area (Å²) in [6, 6.07) is 6.86. The van der Waals surface area contributed by atoms with Gasteiger partial charge in [0, 0.05) is 11.7 Å². The molecule has 3 rings (SSSR count). The van der Waals surface area contributed by atoms with Crippen molar-refractivity contribution in [2.75, 3.05) is 11.9 Å². The smallest absolute Gasteiger partial charge is 0.232 e. The Kier molecular flexibility index (Phi) is 3.56. The Balaban J connectivity index is 1.84. The fourth-order valence-corrected chi connectivity index (χ4v) is 3.37. The second-order valence-corrected chi connectivity index (χ2v) is 5.70. The molecule has 0 radical (unpaired) electrons. The van der Waals surface area contributed by atoms with Crippen molar-refractivity contribution >= 4 is 11.6 Å². The maximum Gasteiger partial charge on any atom is 0.232 e. The molecule has 2 atom stereocenters. The number of carbonyl (C=O) groups excluding carboxylic acids is 1. The fraction of sp³-hybridized carbons (Fsp3) is 0.562. The quantitative estimate of drug-likeness (QED) is 0.872. The van der Waals surface area contributed by atoms with Gasteiger partial charge in [0.2, 0.25) is 5.91 Å². The first kappa shape index (κ1) is 12.7. The molecule has 2 N–H and O–H groups in total. The van der Waals surface area contributed by atoms with Crippen LogP contribution in [0.25, 0.3) is 0 Å². The lowest BCUT2D eigenvalue weighted by Gasteiger charge is -2.15. The number of benzene rings is 1. The molecule has 102 valence electrons. The fourth-order valence-electron chi connectivity index (χ4n) is 3.37. The van der Waals surface area contributed by atoms with Gasteiger partial charge in [0.1, 0.15) is 0 Å². The summed E-state index contributed by atoms with van der Waals surface area (Å²) >= 11 is 0. The van der Waals surface area contributed by atoms with E-state index in [0.717, 1.165) is 31.5 Å². The number of anilines is 1. The summed E-state index contributed by atoms with van der Waals surface area (Å²) in [7, 11) is 0. The molecule has 3 nitrogen and oxygen atoms in total. The van der Waals surface area contributed by atoms with E-state index >= 15 is 0 Å². The van der Waals surface area contributed by atoms with Crippen LogP contribution in [0.2, 0.25) is 0 Å². The molecule has 2 aliphatic heterocycles. The standard InChI is InChI=1S/C16H22N2O/c1-2-5-11-6-3-8-13-14(16(19)18-15(11)13)10-12-7-4-9-17-12/h3,6,8,12,14,17H,2,4-5,7,9-10H2,1H3,(H,18,19). The van der Waals surface area contributed by atoms with Crippen molar-refractivity contribution in [1.29, 1.82) is 0 Å². The molecule has 3 heteroatoms. The lowest BCUT2D eigenvalue weighted by atomic mass is 9.91. The molecule has 1 aromatic carbocycles. The first-order valence-electron chi connectivity index (χ1n) is 7.45. The van der Waals surface area contributed by atoms with Gasteiger partial charge in [-0.2, -0.15) is 0 Å². The number of carbonyl (C=O) groups is 1. The molecule has 0 saturated carbocycles. The molecule has 1 saturated heterocycles. The second kappa shape index (κ2) is 5.33. The topological polar surface area (TPSA) is 41.1 Å². The van der Waals surface area contributed by atoms with Gasteiger partial charge < -0.3 is 10.6 Å². The summed E-state index contributed by atoms with van der Waals surface area (Å²) < 4.78 is 0. The Bertz CT molecular complexity index is 478. The summed E-state index contributed by atoms with van der Waals surface area (Å²) in [5, 5.41) is 6.60. The van der Waals surface area contributed by atoms with Gasteiger partial charge in [0.25, 0.3) is 0 Å². The summed E-state index contributed by atoms with van der Waals surface area (Å²) in [5.74, 6) is 0.231. The van der Waals surface area contributed by atoms with Gasteiger partial charge in [0.15, 0.2) is 0 Å². The van der Waals surface area contributed by atoms with Crippen LogP contribution in [0.5, 0.6) is 0 Å². The van der Waals surface area contributed by atoms with E-state index in [1.54, 1.807) is 0 Å². The monoisotopic (exact) mass is 258 g/mol. The number of hydrogen-bond acceptors (Lipinski definition) is 2. The molecule has 2 aliphatic rings. The van der Waals surface area contributed by atoms with E-state index in [2.05, 4.69) is 35.8 Å². The van der Waals surface area contributed by atoms with E-state index < -0.39 is 0 Å². The zero-order valence-electron chi connectivity index (χ0n) is 11.5. The van der Waals surface area contributed by atoms with Crippen molar-refractivity contribution in [2.45, 2.75) is 51.0 Å². The van der Waals surface area contributed by atoms with Gasteiger partial charge in [-0.3, -0.25) is 4.79 Å². The molecule has 2 unspecified atom stereocenters. The highest BCUT2D eigenvalue weighted by atomic mass is 16.2. The van der Waals surface area contributed by atoms with Crippen LogP contribution < -0.4 is 10.6 Å². The summed E-state index contributed by atoms with van der Waals surface area (Å²) in [5.41, 5.74) is 3.59. The Hall–Kier alpha value is -1.35. The van der Waals surface area contributed by atoms with Crippen molar-refractivity contribution in [2.24, 2.45) is 0 Å². The maximum atomic E-state index is 12.2. The van der Waals surface area contributed by atoms with Gasteiger partial charge in [-0.05, 0) is 43.4 Å². The van der Waals surface area contributed by atoms with Crippen LogP contribution in [0.3, 0.4) is 0 Å². The zero-order valence-corrected chi connectivity index (χ0v) is 11.5. The minimum absolute atomic E-state index is 0.0439. The third-order valence-electron chi connectivity index (χ3n) is 4.33. The highest BCUT2D eigenvalue weighted by molar-refractivity contribution is 6.03. The average molecular weight is 258 g/mol. The number of aryl methyl sites for hydroxylation is 1. The normalized spacial score (nSPS) is 25.4.